The van der Waals surface area contributed by atoms with Crippen molar-refractivity contribution in [1.82, 2.24) is 9.88 Å². The van der Waals surface area contributed by atoms with Gasteiger partial charge in [0.05, 0.1) is 24.1 Å². The lowest BCUT2D eigenvalue weighted by molar-refractivity contribution is 0.353. The monoisotopic (exact) mass is 366 g/mol. The average Bonchev–Trinajstić information content (AvgIpc) is 3.13. The summed E-state index contributed by atoms with van der Waals surface area (Å²) in [5, 5.41) is 2.38. The van der Waals surface area contributed by atoms with Crippen LogP contribution >= 0.6 is 0 Å². The molecule has 0 saturated carbocycles. The molecule has 0 radical (unpaired) electrons. The summed E-state index contributed by atoms with van der Waals surface area (Å²) in [5.41, 5.74) is 6.93. The number of rotatable bonds is 3. The van der Waals surface area contributed by atoms with E-state index in [0.717, 1.165) is 41.4 Å². The molecule has 0 amide bonds. The first kappa shape index (κ1) is 17.0. The van der Waals surface area contributed by atoms with Crippen LogP contribution in [-0.2, 0) is 13.1 Å². The van der Waals surface area contributed by atoms with Gasteiger partial charge in [0.15, 0.2) is 0 Å². The number of methoxy groups -OCH3 is 1. The molecular formula is C25H22N2O. The van der Waals surface area contributed by atoms with E-state index in [1.165, 1.54) is 21.9 Å². The average molecular weight is 366 g/mol. The Hall–Kier alpha value is -3.17. The standard InChI is InChI=1S/C25H22N2O/c1-27-15-19-14-22(18-9-4-3-5-10-18)26-25(21(19)16-27)24-20-11-7-6-8-17(20)12-13-23(24)28-2/h3-14H,15-16H2,1-2H3. The van der Waals surface area contributed by atoms with Crippen LogP contribution in [0, 0.1) is 0 Å². The van der Waals surface area contributed by atoms with Crippen LogP contribution in [0.15, 0.2) is 72.8 Å². The number of hydrogen-bond donors (Lipinski definition) is 0. The summed E-state index contributed by atoms with van der Waals surface area (Å²) in [4.78, 5) is 7.51. The Kier molecular flexibility index (Phi) is 4.10. The van der Waals surface area contributed by atoms with Gasteiger partial charge < -0.3 is 4.74 Å². The summed E-state index contributed by atoms with van der Waals surface area (Å²) in [6.45, 7) is 1.84. The Morgan fingerprint density at radius 1 is 0.893 bits per heavy atom. The summed E-state index contributed by atoms with van der Waals surface area (Å²) in [6.07, 6.45) is 0. The van der Waals surface area contributed by atoms with Gasteiger partial charge in [-0.25, -0.2) is 4.98 Å². The zero-order valence-electron chi connectivity index (χ0n) is 16.1. The van der Waals surface area contributed by atoms with Crippen LogP contribution in [0.3, 0.4) is 0 Å². The molecular weight excluding hydrogens is 344 g/mol. The van der Waals surface area contributed by atoms with Gasteiger partial charge in [0.2, 0.25) is 0 Å². The second-order valence-corrected chi connectivity index (χ2v) is 7.40. The molecule has 0 fully saturated rings. The fourth-order valence-corrected chi connectivity index (χ4v) is 4.19. The Labute approximate surface area is 165 Å². The van der Waals surface area contributed by atoms with Crippen LogP contribution in [0.2, 0.25) is 0 Å². The smallest absolute Gasteiger partial charge is 0.128 e. The van der Waals surface area contributed by atoms with Crippen molar-refractivity contribution in [2.24, 2.45) is 0 Å². The number of fused-ring (bicyclic) bond motifs is 2. The molecule has 0 bridgehead atoms. The highest BCUT2D eigenvalue weighted by Gasteiger charge is 2.25. The molecule has 4 aromatic rings. The Morgan fingerprint density at radius 3 is 2.50 bits per heavy atom. The quantitative estimate of drug-likeness (QED) is 0.477. The molecule has 5 rings (SSSR count). The zero-order valence-corrected chi connectivity index (χ0v) is 16.1. The molecule has 0 aliphatic carbocycles. The van der Waals surface area contributed by atoms with Crippen molar-refractivity contribution in [1.29, 1.82) is 0 Å². The van der Waals surface area contributed by atoms with E-state index in [9.17, 15) is 0 Å². The predicted molar refractivity (Wildman–Crippen MR) is 114 cm³/mol. The van der Waals surface area contributed by atoms with E-state index in [0.29, 0.717) is 0 Å². The van der Waals surface area contributed by atoms with Crippen molar-refractivity contribution >= 4 is 10.8 Å². The van der Waals surface area contributed by atoms with Crippen molar-refractivity contribution < 1.29 is 4.74 Å². The largest absolute Gasteiger partial charge is 0.496 e. The second-order valence-electron chi connectivity index (χ2n) is 7.40. The van der Waals surface area contributed by atoms with Crippen molar-refractivity contribution in [3.8, 4) is 28.3 Å². The maximum Gasteiger partial charge on any atom is 0.128 e. The van der Waals surface area contributed by atoms with Crippen LogP contribution in [0.1, 0.15) is 11.1 Å². The molecule has 3 heteroatoms. The highest BCUT2D eigenvalue weighted by atomic mass is 16.5. The normalized spacial score (nSPS) is 13.6. The molecule has 1 aliphatic rings. The minimum Gasteiger partial charge on any atom is -0.496 e. The fourth-order valence-electron chi connectivity index (χ4n) is 4.19. The maximum atomic E-state index is 5.79. The molecule has 0 unspecified atom stereocenters. The third-order valence-electron chi connectivity index (χ3n) is 5.50. The van der Waals surface area contributed by atoms with Crippen LogP contribution in [-0.4, -0.2) is 24.0 Å². The van der Waals surface area contributed by atoms with Crippen molar-refractivity contribution in [3.63, 3.8) is 0 Å². The van der Waals surface area contributed by atoms with E-state index in [1.807, 2.05) is 6.07 Å². The Balaban J connectivity index is 1.84. The number of ether oxygens (including phenoxy) is 1. The van der Waals surface area contributed by atoms with Gasteiger partial charge in [-0.3, -0.25) is 4.90 Å². The summed E-state index contributed by atoms with van der Waals surface area (Å²) < 4.78 is 5.79. The summed E-state index contributed by atoms with van der Waals surface area (Å²) in [6, 6.07) is 25.3. The number of nitrogens with zero attached hydrogens (tertiary/aromatic N) is 2. The number of aromatic nitrogens is 1. The summed E-state index contributed by atoms with van der Waals surface area (Å²) in [7, 11) is 3.90. The first-order valence-electron chi connectivity index (χ1n) is 9.57. The number of hydrogen-bond acceptors (Lipinski definition) is 3. The predicted octanol–water partition coefficient (Wildman–Crippen LogP) is 5.52. The van der Waals surface area contributed by atoms with E-state index in [1.54, 1.807) is 7.11 Å². The van der Waals surface area contributed by atoms with Gasteiger partial charge in [-0.15, -0.1) is 0 Å². The third-order valence-corrected chi connectivity index (χ3v) is 5.50. The molecule has 1 aliphatic heterocycles. The summed E-state index contributed by atoms with van der Waals surface area (Å²) in [5.74, 6) is 0.869. The van der Waals surface area contributed by atoms with Crippen LogP contribution < -0.4 is 4.74 Å². The first-order chi connectivity index (χ1) is 13.7. The maximum absolute atomic E-state index is 5.79. The van der Waals surface area contributed by atoms with E-state index < -0.39 is 0 Å². The van der Waals surface area contributed by atoms with Crippen LogP contribution in [0.5, 0.6) is 5.75 Å². The minimum absolute atomic E-state index is 0.869. The zero-order chi connectivity index (χ0) is 19.1. The van der Waals surface area contributed by atoms with Gasteiger partial charge >= 0.3 is 0 Å². The minimum atomic E-state index is 0.869. The Morgan fingerprint density at radius 2 is 1.68 bits per heavy atom. The van der Waals surface area contributed by atoms with E-state index in [-0.39, 0.29) is 0 Å². The van der Waals surface area contributed by atoms with Gasteiger partial charge in [0.25, 0.3) is 0 Å². The van der Waals surface area contributed by atoms with Crippen LogP contribution in [0.25, 0.3) is 33.3 Å². The van der Waals surface area contributed by atoms with E-state index in [4.69, 9.17) is 9.72 Å². The third kappa shape index (κ3) is 2.76. The van der Waals surface area contributed by atoms with Gasteiger partial charge in [-0.1, -0.05) is 60.7 Å². The van der Waals surface area contributed by atoms with Crippen molar-refractivity contribution in [3.05, 3.63) is 83.9 Å². The van der Waals surface area contributed by atoms with E-state index >= 15 is 0 Å². The lowest BCUT2D eigenvalue weighted by Gasteiger charge is -2.16. The topological polar surface area (TPSA) is 25.4 Å². The van der Waals surface area contributed by atoms with Gasteiger partial charge in [0.1, 0.15) is 5.75 Å². The van der Waals surface area contributed by atoms with Crippen molar-refractivity contribution in [2.75, 3.05) is 14.2 Å². The Bertz CT molecular complexity index is 1170. The van der Waals surface area contributed by atoms with Crippen molar-refractivity contribution in [2.45, 2.75) is 13.1 Å². The van der Waals surface area contributed by atoms with Crippen LogP contribution in [0.4, 0.5) is 0 Å². The molecule has 1 aromatic heterocycles. The number of pyridine rings is 1. The second kappa shape index (κ2) is 6.77. The molecule has 2 heterocycles. The molecule has 3 nitrogen and oxygen atoms in total. The highest BCUT2D eigenvalue weighted by molar-refractivity contribution is 6.00. The summed E-state index contributed by atoms with van der Waals surface area (Å²) >= 11 is 0. The van der Waals surface area contributed by atoms with Gasteiger partial charge in [0, 0.05) is 18.7 Å². The lowest BCUT2D eigenvalue weighted by Crippen LogP contribution is -2.07. The van der Waals surface area contributed by atoms with E-state index in [2.05, 4.69) is 78.7 Å². The number of benzene rings is 3. The molecule has 0 N–H and O–H groups in total. The molecule has 0 saturated heterocycles. The SMILES string of the molecule is COc1ccc2ccccc2c1-c1nc(-c2ccccc2)cc2c1CN(C)C2. The molecule has 3 aromatic carbocycles. The first-order valence-corrected chi connectivity index (χ1v) is 9.57. The van der Waals surface area contributed by atoms with Gasteiger partial charge in [-0.2, -0.15) is 0 Å². The molecule has 0 atom stereocenters. The molecule has 28 heavy (non-hydrogen) atoms. The molecule has 0 spiro atoms. The van der Waals surface area contributed by atoms with Gasteiger partial charge in [-0.05, 0) is 41.1 Å². The molecule has 138 valence electrons. The fraction of sp³-hybridized carbons (Fsp3) is 0.160. The highest BCUT2D eigenvalue weighted by Crippen LogP contribution is 2.41. The lowest BCUT2D eigenvalue weighted by atomic mass is 9.95.